The Labute approximate surface area is 126 Å². The molecule has 0 aliphatic carbocycles. The third-order valence-electron chi connectivity index (χ3n) is 2.64. The molecule has 5 nitrogen and oxygen atoms in total. The maximum absolute atomic E-state index is 9.87. The van der Waals surface area contributed by atoms with Gasteiger partial charge in [-0.25, -0.2) is 4.98 Å². The summed E-state index contributed by atoms with van der Waals surface area (Å²) < 4.78 is 0. The van der Waals surface area contributed by atoms with E-state index in [-0.39, 0.29) is 5.75 Å². The second-order valence-electron chi connectivity index (χ2n) is 4.46. The largest absolute Gasteiger partial charge is 0.506 e. The molecule has 1 N–H and O–H groups in total. The van der Waals surface area contributed by atoms with Gasteiger partial charge in [-0.3, -0.25) is 0 Å². The fourth-order valence-electron chi connectivity index (χ4n) is 1.55. The van der Waals surface area contributed by atoms with Gasteiger partial charge in [-0.15, -0.1) is 10.2 Å². The van der Waals surface area contributed by atoms with E-state index < -0.39 is 0 Å². The van der Waals surface area contributed by atoms with Crippen LogP contribution in [0.25, 0.3) is 0 Å². The molecule has 0 bridgehead atoms. The summed E-state index contributed by atoms with van der Waals surface area (Å²) in [6, 6.07) is 8.97. The van der Waals surface area contributed by atoms with E-state index in [1.807, 2.05) is 58.0 Å². The van der Waals surface area contributed by atoms with Gasteiger partial charge in [0.05, 0.1) is 0 Å². The lowest BCUT2D eigenvalue weighted by Crippen LogP contribution is -2.07. The summed E-state index contributed by atoms with van der Waals surface area (Å²) in [5.74, 6) is 0.624. The quantitative estimate of drug-likeness (QED) is 0.838. The molecule has 1 heterocycles. The van der Waals surface area contributed by atoms with Crippen LogP contribution in [0.15, 0.2) is 46.8 Å². The lowest BCUT2D eigenvalue weighted by atomic mass is 10.2. The van der Waals surface area contributed by atoms with E-state index in [0.717, 1.165) is 11.3 Å². The normalized spacial score (nSPS) is 10.1. The number of hydrogen-bond donors (Lipinski definition) is 1. The van der Waals surface area contributed by atoms with Crippen LogP contribution in [0.2, 0.25) is 0 Å². The Morgan fingerprint density at radius 3 is 2.33 bits per heavy atom. The second kappa shape index (κ2) is 7.99. The average Bonchev–Trinajstić information content (AvgIpc) is 2.48. The summed E-state index contributed by atoms with van der Waals surface area (Å²) in [6.07, 6.45) is 1.68. The number of benzene rings is 1. The molecule has 0 fully saturated rings. The smallest absolute Gasteiger partial charge is 0.174 e. The predicted molar refractivity (Wildman–Crippen MR) is 86.9 cm³/mol. The number of phenolic OH excluding ortho intramolecular Hbond substituents is 1. The Hall–Kier alpha value is -2.43. The Kier molecular flexibility index (Phi) is 6.33. The molecule has 0 aliphatic rings. The maximum atomic E-state index is 9.87. The average molecular weight is 286 g/mol. The van der Waals surface area contributed by atoms with E-state index in [1.54, 1.807) is 18.3 Å². The highest BCUT2D eigenvalue weighted by atomic mass is 16.3. The molecule has 0 spiro atoms. The molecule has 2 aromatic rings. The van der Waals surface area contributed by atoms with Gasteiger partial charge >= 0.3 is 0 Å². The molecule has 112 valence electrons. The van der Waals surface area contributed by atoms with Crippen molar-refractivity contribution in [2.24, 2.45) is 10.2 Å². The van der Waals surface area contributed by atoms with Crippen LogP contribution in [-0.2, 0) is 0 Å². The highest BCUT2D eigenvalue weighted by Gasteiger charge is 2.03. The van der Waals surface area contributed by atoms with Gasteiger partial charge in [-0.1, -0.05) is 13.8 Å². The van der Waals surface area contributed by atoms with Gasteiger partial charge in [0.1, 0.15) is 11.4 Å². The van der Waals surface area contributed by atoms with Gasteiger partial charge in [-0.05, 0) is 36.8 Å². The molecule has 0 unspecified atom stereocenters. The molecule has 0 atom stereocenters. The van der Waals surface area contributed by atoms with Crippen molar-refractivity contribution in [2.45, 2.75) is 20.8 Å². The van der Waals surface area contributed by atoms with E-state index in [2.05, 4.69) is 15.2 Å². The number of hydrogen-bond acceptors (Lipinski definition) is 5. The van der Waals surface area contributed by atoms with Crippen molar-refractivity contribution in [1.29, 1.82) is 0 Å². The van der Waals surface area contributed by atoms with Crippen molar-refractivity contribution in [3.8, 4) is 5.75 Å². The van der Waals surface area contributed by atoms with Gasteiger partial charge < -0.3 is 10.0 Å². The monoisotopic (exact) mass is 286 g/mol. The van der Waals surface area contributed by atoms with Gasteiger partial charge in [-0.2, -0.15) is 0 Å². The number of rotatable bonds is 3. The van der Waals surface area contributed by atoms with Crippen LogP contribution < -0.4 is 4.90 Å². The number of aryl methyl sites for hydroxylation is 1. The molecule has 21 heavy (non-hydrogen) atoms. The van der Waals surface area contributed by atoms with Gasteiger partial charge in [0.15, 0.2) is 5.82 Å². The van der Waals surface area contributed by atoms with E-state index in [1.165, 1.54) is 0 Å². The molecule has 0 saturated heterocycles. The first-order valence-corrected chi connectivity index (χ1v) is 6.91. The van der Waals surface area contributed by atoms with Crippen molar-refractivity contribution in [3.05, 3.63) is 42.1 Å². The third kappa shape index (κ3) is 4.87. The zero-order valence-electron chi connectivity index (χ0n) is 13.2. The standard InChI is InChI=1S/C14H16N4O.C2H6/c1-10-6-7-15-14(8-10)17-16-12-5-4-11(18(2)3)9-13(12)19;1-2/h4-9,19H,1-3H3;1-2H3. The zero-order valence-corrected chi connectivity index (χ0v) is 13.2. The number of aromatic hydroxyl groups is 1. The lowest BCUT2D eigenvalue weighted by molar-refractivity contribution is 0.476. The topological polar surface area (TPSA) is 61.1 Å². The third-order valence-corrected chi connectivity index (χ3v) is 2.64. The van der Waals surface area contributed by atoms with Crippen molar-refractivity contribution >= 4 is 17.2 Å². The van der Waals surface area contributed by atoms with Gasteiger partial charge in [0, 0.05) is 32.0 Å². The number of anilines is 1. The highest BCUT2D eigenvalue weighted by molar-refractivity contribution is 5.60. The van der Waals surface area contributed by atoms with Crippen LogP contribution >= 0.6 is 0 Å². The SMILES string of the molecule is CC.Cc1ccnc(N=Nc2ccc(N(C)C)cc2O)c1. The predicted octanol–water partition coefficient (Wildman–Crippen LogP) is 4.60. The summed E-state index contributed by atoms with van der Waals surface area (Å²) in [5, 5.41) is 17.9. The lowest BCUT2D eigenvalue weighted by Gasteiger charge is -2.12. The Bertz CT molecular complexity index is 609. The molecule has 2 rings (SSSR count). The van der Waals surface area contributed by atoms with E-state index in [9.17, 15) is 5.11 Å². The van der Waals surface area contributed by atoms with Crippen LogP contribution in [0.3, 0.4) is 0 Å². The van der Waals surface area contributed by atoms with Crippen molar-refractivity contribution in [1.82, 2.24) is 4.98 Å². The van der Waals surface area contributed by atoms with E-state index in [4.69, 9.17) is 0 Å². The fourth-order valence-corrected chi connectivity index (χ4v) is 1.55. The molecule has 0 aliphatic heterocycles. The number of nitrogens with zero attached hydrogens (tertiary/aromatic N) is 4. The first kappa shape index (κ1) is 16.6. The fraction of sp³-hybridized carbons (Fsp3) is 0.312. The molecule has 0 saturated carbocycles. The van der Waals surface area contributed by atoms with Crippen LogP contribution in [0.5, 0.6) is 5.75 Å². The highest BCUT2D eigenvalue weighted by Crippen LogP contribution is 2.31. The van der Waals surface area contributed by atoms with Gasteiger partial charge in [0.25, 0.3) is 0 Å². The first-order valence-electron chi connectivity index (χ1n) is 6.91. The molecule has 5 heteroatoms. The van der Waals surface area contributed by atoms with E-state index in [0.29, 0.717) is 11.5 Å². The summed E-state index contributed by atoms with van der Waals surface area (Å²) in [5.41, 5.74) is 2.40. The molecular weight excluding hydrogens is 264 g/mol. The first-order chi connectivity index (χ1) is 10.1. The number of azo groups is 1. The van der Waals surface area contributed by atoms with Crippen molar-refractivity contribution in [3.63, 3.8) is 0 Å². The zero-order chi connectivity index (χ0) is 15.8. The molecule has 1 aromatic heterocycles. The summed E-state index contributed by atoms with van der Waals surface area (Å²) in [4.78, 5) is 5.99. The van der Waals surface area contributed by atoms with Crippen LogP contribution in [-0.4, -0.2) is 24.2 Å². The van der Waals surface area contributed by atoms with Crippen LogP contribution in [0.4, 0.5) is 17.2 Å². The summed E-state index contributed by atoms with van der Waals surface area (Å²) in [7, 11) is 3.82. The van der Waals surface area contributed by atoms with Crippen LogP contribution in [0.1, 0.15) is 19.4 Å². The van der Waals surface area contributed by atoms with Crippen LogP contribution in [0, 0.1) is 6.92 Å². The van der Waals surface area contributed by atoms with E-state index >= 15 is 0 Å². The Morgan fingerprint density at radius 1 is 1.05 bits per heavy atom. The molecular formula is C16H22N4O. The second-order valence-corrected chi connectivity index (χ2v) is 4.46. The van der Waals surface area contributed by atoms with Crippen molar-refractivity contribution in [2.75, 3.05) is 19.0 Å². The summed E-state index contributed by atoms with van der Waals surface area (Å²) >= 11 is 0. The molecule has 0 radical (unpaired) electrons. The molecule has 1 aromatic carbocycles. The minimum absolute atomic E-state index is 0.0996. The Morgan fingerprint density at radius 2 is 1.76 bits per heavy atom. The maximum Gasteiger partial charge on any atom is 0.174 e. The number of aromatic nitrogens is 1. The summed E-state index contributed by atoms with van der Waals surface area (Å²) in [6.45, 7) is 5.96. The minimum Gasteiger partial charge on any atom is -0.506 e. The minimum atomic E-state index is 0.0996. The van der Waals surface area contributed by atoms with Gasteiger partial charge in [0.2, 0.25) is 0 Å². The molecule has 0 amide bonds. The Balaban J connectivity index is 0.00000106. The number of phenols is 1. The van der Waals surface area contributed by atoms with Crippen molar-refractivity contribution < 1.29 is 5.11 Å². The number of pyridine rings is 1.